The van der Waals surface area contributed by atoms with Crippen LogP contribution in [0.4, 0.5) is 0 Å². The molecule has 1 fully saturated rings. The van der Waals surface area contributed by atoms with Gasteiger partial charge in [0, 0.05) is 23.6 Å². The van der Waals surface area contributed by atoms with Gasteiger partial charge >= 0.3 is 0 Å². The minimum absolute atomic E-state index is 0.212. The van der Waals surface area contributed by atoms with Crippen molar-refractivity contribution in [2.75, 3.05) is 7.11 Å². The molecule has 1 unspecified atom stereocenters. The SMILES string of the molecule is COc1cc(CC(Cl)C2CC2)nc(C)n1. The minimum atomic E-state index is 0.212. The van der Waals surface area contributed by atoms with Crippen LogP contribution in [-0.2, 0) is 6.42 Å². The Labute approximate surface area is 94.8 Å². The van der Waals surface area contributed by atoms with Crippen LogP contribution in [0.2, 0.25) is 0 Å². The minimum Gasteiger partial charge on any atom is -0.481 e. The molecule has 2 rings (SSSR count). The zero-order valence-corrected chi connectivity index (χ0v) is 9.79. The van der Waals surface area contributed by atoms with Crippen LogP contribution >= 0.6 is 11.6 Å². The third-order valence-electron chi connectivity index (χ3n) is 2.61. The summed E-state index contributed by atoms with van der Waals surface area (Å²) < 4.78 is 5.10. The van der Waals surface area contributed by atoms with Gasteiger partial charge in [-0.1, -0.05) is 0 Å². The maximum Gasteiger partial charge on any atom is 0.216 e. The number of halogens is 1. The monoisotopic (exact) mass is 226 g/mol. The van der Waals surface area contributed by atoms with Crippen LogP contribution in [0.1, 0.15) is 24.4 Å². The van der Waals surface area contributed by atoms with Gasteiger partial charge in [-0.05, 0) is 25.7 Å². The zero-order chi connectivity index (χ0) is 10.8. The van der Waals surface area contributed by atoms with Crippen molar-refractivity contribution in [2.45, 2.75) is 31.6 Å². The number of aromatic nitrogens is 2. The molecule has 1 heterocycles. The standard InChI is InChI=1S/C11H15ClN2O/c1-7-13-9(6-11(14-7)15-2)5-10(12)8-3-4-8/h6,8,10H,3-5H2,1-2H3. The van der Waals surface area contributed by atoms with Crippen molar-refractivity contribution in [3.63, 3.8) is 0 Å². The highest BCUT2D eigenvalue weighted by Gasteiger charge is 2.30. The number of alkyl halides is 1. The summed E-state index contributed by atoms with van der Waals surface area (Å²) in [5.74, 6) is 2.05. The van der Waals surface area contributed by atoms with Gasteiger partial charge in [0.1, 0.15) is 5.82 Å². The van der Waals surface area contributed by atoms with Crippen molar-refractivity contribution < 1.29 is 4.74 Å². The van der Waals surface area contributed by atoms with Crippen LogP contribution in [-0.4, -0.2) is 22.5 Å². The predicted molar refractivity (Wildman–Crippen MR) is 59.4 cm³/mol. The largest absolute Gasteiger partial charge is 0.481 e. The van der Waals surface area contributed by atoms with E-state index in [1.807, 2.05) is 13.0 Å². The summed E-state index contributed by atoms with van der Waals surface area (Å²) in [6.45, 7) is 1.87. The van der Waals surface area contributed by atoms with E-state index in [1.54, 1.807) is 7.11 Å². The van der Waals surface area contributed by atoms with E-state index in [9.17, 15) is 0 Å². The Morgan fingerprint density at radius 1 is 1.53 bits per heavy atom. The first-order valence-corrected chi connectivity index (χ1v) is 5.65. The molecule has 0 aromatic carbocycles. The first kappa shape index (κ1) is 10.7. The molecule has 0 amide bonds. The quantitative estimate of drug-likeness (QED) is 0.740. The molecule has 1 aliphatic carbocycles. The Morgan fingerprint density at radius 3 is 2.87 bits per heavy atom. The number of aryl methyl sites for hydroxylation is 1. The van der Waals surface area contributed by atoms with Crippen molar-refractivity contribution in [1.29, 1.82) is 0 Å². The van der Waals surface area contributed by atoms with Gasteiger partial charge in [0.15, 0.2) is 0 Å². The summed E-state index contributed by atoms with van der Waals surface area (Å²) in [5, 5.41) is 0.212. The molecule has 0 aliphatic heterocycles. The topological polar surface area (TPSA) is 35.0 Å². The molecule has 1 aromatic rings. The number of ether oxygens (including phenoxy) is 1. The second-order valence-electron chi connectivity index (χ2n) is 4.01. The van der Waals surface area contributed by atoms with Crippen molar-refractivity contribution in [3.8, 4) is 5.88 Å². The second kappa shape index (κ2) is 4.35. The lowest BCUT2D eigenvalue weighted by Crippen LogP contribution is -2.08. The maximum absolute atomic E-state index is 6.26. The molecule has 1 aliphatic rings. The van der Waals surface area contributed by atoms with E-state index in [2.05, 4.69) is 9.97 Å². The maximum atomic E-state index is 6.26. The molecular formula is C11H15ClN2O. The number of rotatable bonds is 4. The zero-order valence-electron chi connectivity index (χ0n) is 9.03. The molecule has 1 atom stereocenters. The average Bonchev–Trinajstić information content (AvgIpc) is 2.99. The van der Waals surface area contributed by atoms with Crippen molar-refractivity contribution in [3.05, 3.63) is 17.6 Å². The summed E-state index contributed by atoms with van der Waals surface area (Å²) in [6.07, 6.45) is 3.33. The number of nitrogens with zero attached hydrogens (tertiary/aromatic N) is 2. The van der Waals surface area contributed by atoms with Crippen molar-refractivity contribution >= 4 is 11.6 Å². The first-order valence-electron chi connectivity index (χ1n) is 5.21. The third-order valence-corrected chi connectivity index (χ3v) is 3.12. The number of hydrogen-bond acceptors (Lipinski definition) is 3. The number of hydrogen-bond donors (Lipinski definition) is 0. The van der Waals surface area contributed by atoms with Gasteiger partial charge in [-0.25, -0.2) is 4.98 Å². The lowest BCUT2D eigenvalue weighted by atomic mass is 10.1. The Bertz CT molecular complexity index is 352. The van der Waals surface area contributed by atoms with Gasteiger partial charge in [-0.15, -0.1) is 11.6 Å². The van der Waals surface area contributed by atoms with E-state index in [4.69, 9.17) is 16.3 Å². The molecule has 0 spiro atoms. The fourth-order valence-electron chi connectivity index (χ4n) is 1.63. The average molecular weight is 227 g/mol. The fraction of sp³-hybridized carbons (Fsp3) is 0.636. The van der Waals surface area contributed by atoms with Gasteiger partial charge in [0.2, 0.25) is 5.88 Å². The van der Waals surface area contributed by atoms with Crippen LogP contribution in [0.5, 0.6) is 5.88 Å². The summed E-state index contributed by atoms with van der Waals surface area (Å²) in [5.41, 5.74) is 0.978. The van der Waals surface area contributed by atoms with Gasteiger partial charge in [0.05, 0.1) is 7.11 Å². The molecule has 1 aromatic heterocycles. The smallest absolute Gasteiger partial charge is 0.216 e. The van der Waals surface area contributed by atoms with E-state index in [0.29, 0.717) is 11.8 Å². The van der Waals surface area contributed by atoms with Crippen LogP contribution in [0.15, 0.2) is 6.07 Å². The highest BCUT2D eigenvalue weighted by Crippen LogP contribution is 2.37. The Morgan fingerprint density at radius 2 is 2.27 bits per heavy atom. The van der Waals surface area contributed by atoms with E-state index in [1.165, 1.54) is 12.8 Å². The van der Waals surface area contributed by atoms with Gasteiger partial charge < -0.3 is 4.74 Å². The van der Waals surface area contributed by atoms with E-state index in [0.717, 1.165) is 17.9 Å². The lowest BCUT2D eigenvalue weighted by Gasteiger charge is -2.08. The van der Waals surface area contributed by atoms with Gasteiger partial charge in [-0.2, -0.15) is 4.98 Å². The molecule has 4 heteroatoms. The molecule has 1 saturated carbocycles. The predicted octanol–water partition coefficient (Wildman–Crippen LogP) is 2.35. The summed E-state index contributed by atoms with van der Waals surface area (Å²) in [4.78, 5) is 8.50. The van der Waals surface area contributed by atoms with E-state index in [-0.39, 0.29) is 5.38 Å². The van der Waals surface area contributed by atoms with E-state index >= 15 is 0 Å². The van der Waals surface area contributed by atoms with Crippen molar-refractivity contribution in [2.24, 2.45) is 5.92 Å². The molecule has 82 valence electrons. The molecular weight excluding hydrogens is 212 g/mol. The van der Waals surface area contributed by atoms with Gasteiger partial charge in [0.25, 0.3) is 0 Å². The van der Waals surface area contributed by atoms with Crippen LogP contribution < -0.4 is 4.74 Å². The second-order valence-corrected chi connectivity index (χ2v) is 4.57. The fourth-order valence-corrected chi connectivity index (χ4v) is 2.04. The van der Waals surface area contributed by atoms with Crippen LogP contribution in [0.25, 0.3) is 0 Å². The highest BCUT2D eigenvalue weighted by molar-refractivity contribution is 6.21. The molecule has 0 bridgehead atoms. The summed E-state index contributed by atoms with van der Waals surface area (Å²) >= 11 is 6.26. The highest BCUT2D eigenvalue weighted by atomic mass is 35.5. The third kappa shape index (κ3) is 2.81. The molecule has 0 radical (unpaired) electrons. The molecule has 15 heavy (non-hydrogen) atoms. The Kier molecular flexibility index (Phi) is 3.10. The van der Waals surface area contributed by atoms with Crippen LogP contribution in [0.3, 0.4) is 0 Å². The molecule has 3 nitrogen and oxygen atoms in total. The summed E-state index contributed by atoms with van der Waals surface area (Å²) in [6, 6.07) is 1.87. The van der Waals surface area contributed by atoms with E-state index < -0.39 is 0 Å². The molecule has 0 saturated heterocycles. The van der Waals surface area contributed by atoms with Gasteiger partial charge in [-0.3, -0.25) is 0 Å². The normalized spacial score (nSPS) is 17.5. The van der Waals surface area contributed by atoms with Crippen molar-refractivity contribution in [1.82, 2.24) is 9.97 Å². The Balaban J connectivity index is 2.08. The molecule has 0 N–H and O–H groups in total. The first-order chi connectivity index (χ1) is 7.19. The Hall–Kier alpha value is -0.830. The lowest BCUT2D eigenvalue weighted by molar-refractivity contribution is 0.394. The van der Waals surface area contributed by atoms with Crippen LogP contribution in [0, 0.1) is 12.8 Å². The summed E-state index contributed by atoms with van der Waals surface area (Å²) in [7, 11) is 1.62. The number of methoxy groups -OCH3 is 1.